The average Bonchev–Trinajstić information content (AvgIpc) is 1.67. The summed E-state index contributed by atoms with van der Waals surface area (Å²) in [5.41, 5.74) is 5.13. The molecule has 0 N–H and O–H groups in total. The Morgan fingerprint density at radius 2 is 0.702 bits per heavy atom. The number of thiazole rings is 2. The molecule has 0 aliphatic carbocycles. The number of carbonyl (C=O) groups is 4. The first-order valence-electron chi connectivity index (χ1n) is 30.8. The first-order valence-corrected chi connectivity index (χ1v) is 35.8. The third-order valence-corrected chi connectivity index (χ3v) is 22.7. The fourth-order valence-corrected chi connectivity index (χ4v) is 17.2. The van der Waals surface area contributed by atoms with E-state index in [1.54, 1.807) is 22.7 Å². The van der Waals surface area contributed by atoms with Gasteiger partial charge in [-0.2, -0.15) is 0 Å². The number of amides is 4. The molecule has 10 rings (SSSR count). The Hall–Kier alpha value is -5.72. The molecule has 4 atom stereocenters. The second-order valence-electron chi connectivity index (χ2n) is 22.7. The zero-order chi connectivity index (χ0) is 59.0. The monoisotopic (exact) mass is 1230 g/mol. The highest BCUT2D eigenvalue weighted by Crippen LogP contribution is 2.51. The smallest absolute Gasteiger partial charge is 0.261 e. The number of unbranched alkanes of at least 4 members (excludes halogenated alkanes) is 4. The van der Waals surface area contributed by atoms with Gasteiger partial charge < -0.3 is 19.6 Å². The van der Waals surface area contributed by atoms with Gasteiger partial charge in [0, 0.05) is 26.2 Å². The van der Waals surface area contributed by atoms with E-state index in [0.717, 1.165) is 164 Å². The number of hydrogen-bond acceptors (Lipinski definition) is 12. The lowest BCUT2D eigenvalue weighted by molar-refractivity contribution is -0.124. The molecule has 0 spiro atoms. The zero-order valence-electron chi connectivity index (χ0n) is 50.0. The van der Waals surface area contributed by atoms with Crippen LogP contribution in [0.2, 0.25) is 0 Å². The van der Waals surface area contributed by atoms with E-state index in [1.165, 1.54) is 45.3 Å². The molecular weight excluding hydrogens is 1160 g/mol. The van der Waals surface area contributed by atoms with Gasteiger partial charge in [0.05, 0.1) is 74.3 Å². The van der Waals surface area contributed by atoms with Gasteiger partial charge in [-0.3, -0.25) is 19.2 Å². The van der Waals surface area contributed by atoms with Crippen LogP contribution in [0.1, 0.15) is 197 Å². The van der Waals surface area contributed by atoms with Crippen molar-refractivity contribution in [2.24, 2.45) is 23.7 Å². The minimum absolute atomic E-state index is 0.0763. The minimum Gasteiger partial charge on any atom is -0.306 e. The Balaban J connectivity index is 0.922. The Morgan fingerprint density at radius 1 is 0.393 bits per heavy atom. The normalized spacial score (nSPS) is 16.7. The maximum absolute atomic E-state index is 15.0. The third kappa shape index (κ3) is 12.7. The van der Waals surface area contributed by atoms with E-state index >= 15 is 0 Å². The van der Waals surface area contributed by atoms with Crippen molar-refractivity contribution in [3.63, 3.8) is 0 Å². The summed E-state index contributed by atoms with van der Waals surface area (Å²) in [7, 11) is 0. The summed E-state index contributed by atoms with van der Waals surface area (Å²) in [5.74, 6) is 14.3. The molecule has 6 aromatic heterocycles. The molecule has 4 aliphatic heterocycles. The summed E-state index contributed by atoms with van der Waals surface area (Å²) in [6, 6.07) is 16.2. The van der Waals surface area contributed by atoms with Crippen molar-refractivity contribution in [3.8, 4) is 23.7 Å². The molecule has 84 heavy (non-hydrogen) atoms. The van der Waals surface area contributed by atoms with Crippen molar-refractivity contribution in [1.29, 1.82) is 0 Å². The molecule has 10 nitrogen and oxygen atoms in total. The van der Waals surface area contributed by atoms with Crippen LogP contribution in [0.25, 0.3) is 32.4 Å². The van der Waals surface area contributed by atoms with Crippen LogP contribution in [-0.4, -0.2) is 79.4 Å². The van der Waals surface area contributed by atoms with E-state index in [9.17, 15) is 19.2 Å². The van der Waals surface area contributed by atoms with Gasteiger partial charge in [0.2, 0.25) is 0 Å². The molecule has 0 aromatic carbocycles. The number of carbonyl (C=O) groups excluding carboxylic acids is 4. The second kappa shape index (κ2) is 28.2. The van der Waals surface area contributed by atoms with E-state index in [-0.39, 0.29) is 23.6 Å². The zero-order valence-corrected chi connectivity index (χ0v) is 54.9. The van der Waals surface area contributed by atoms with Crippen LogP contribution in [0.15, 0.2) is 81.6 Å². The van der Waals surface area contributed by atoms with Gasteiger partial charge in [-0.1, -0.05) is 167 Å². The SMILES string of the molecule is CCCCC(CC)CN1C(=O)C2=C(c3ccc(C#Cc4nc5sc(C#Cc6ccc(C7=C8C(=O)N(CC(CC)CCCC)C(c9cccs9)=C8C(=O)N7CC(CC)CCCC)s6)nc5s4)s3)N(CC(CC)CCCC)C(=O)C2=C1c1cccs1. The third-order valence-electron chi connectivity index (χ3n) is 17.0. The molecule has 10 heterocycles. The predicted octanol–water partition coefficient (Wildman–Crippen LogP) is 17.3. The van der Waals surface area contributed by atoms with Crippen LogP contribution in [0.3, 0.4) is 0 Å². The molecular formula is C68H78N6O4S6. The number of rotatable bonds is 28. The lowest BCUT2D eigenvalue weighted by Gasteiger charge is -2.29. The number of nitrogens with zero attached hydrogens (tertiary/aromatic N) is 6. The Morgan fingerprint density at radius 3 is 0.976 bits per heavy atom. The van der Waals surface area contributed by atoms with Crippen molar-refractivity contribution in [1.82, 2.24) is 29.6 Å². The van der Waals surface area contributed by atoms with Gasteiger partial charge in [0.25, 0.3) is 23.6 Å². The molecule has 440 valence electrons. The number of hydrogen-bond donors (Lipinski definition) is 0. The van der Waals surface area contributed by atoms with Crippen LogP contribution in [0.5, 0.6) is 0 Å². The van der Waals surface area contributed by atoms with Crippen LogP contribution < -0.4 is 0 Å². The second-order valence-corrected chi connectivity index (χ2v) is 28.7. The summed E-state index contributed by atoms with van der Waals surface area (Å²) in [5, 5.41) is 5.36. The maximum atomic E-state index is 15.0. The van der Waals surface area contributed by atoms with Crippen molar-refractivity contribution in [2.45, 2.75) is 158 Å². The highest BCUT2D eigenvalue weighted by molar-refractivity contribution is 7.26. The van der Waals surface area contributed by atoms with Crippen molar-refractivity contribution in [2.75, 3.05) is 26.2 Å². The van der Waals surface area contributed by atoms with Gasteiger partial charge in [0.15, 0.2) is 19.7 Å². The molecule has 0 saturated heterocycles. The largest absolute Gasteiger partial charge is 0.306 e. The van der Waals surface area contributed by atoms with Crippen LogP contribution >= 0.6 is 68.0 Å². The minimum atomic E-state index is -0.0763. The van der Waals surface area contributed by atoms with Gasteiger partial charge in [-0.15, -0.1) is 45.3 Å². The molecule has 6 aromatic rings. The van der Waals surface area contributed by atoms with Crippen molar-refractivity contribution in [3.05, 3.63) is 121 Å². The topological polar surface area (TPSA) is 107 Å². The molecule has 16 heteroatoms. The quantitative estimate of drug-likeness (QED) is 0.0453. The Labute approximate surface area is 521 Å². The van der Waals surface area contributed by atoms with E-state index in [0.29, 0.717) is 82.2 Å². The standard InChI is InChI=1S/C68H78N6O4S6/c1-9-17-23-43(13-5)39-71-59(49-27-21-37-79-49)55-57(67(71)77)61(73(65(55)75)41-45(15-7)25-19-11-3)51-33-29-47(81-51)31-35-53-69-63-64(83-53)70-54(84-63)36-32-48-30-34-52(82-48)62-58-56(66(76)74(62)42-46(16-8)26-20-12-4)60(50-28-22-38-80-50)72(68(58)78)40-44(14-6)24-18-10-2/h21-22,27-30,33-34,37-38,43-46H,9-20,23-26,39-42H2,1-8H3. The average molecular weight is 1240 g/mol. The first kappa shape index (κ1) is 61.4. The number of thiophene rings is 4. The van der Waals surface area contributed by atoms with Crippen molar-refractivity contribution >= 4 is 124 Å². The molecule has 0 bridgehead atoms. The lowest BCUT2D eigenvalue weighted by Crippen LogP contribution is -2.34. The molecule has 4 unspecified atom stereocenters. The summed E-state index contributed by atoms with van der Waals surface area (Å²) in [4.78, 5) is 84.3. The Kier molecular flexibility index (Phi) is 20.6. The van der Waals surface area contributed by atoms with Crippen LogP contribution in [0, 0.1) is 47.4 Å². The summed E-state index contributed by atoms with van der Waals surface area (Å²) >= 11 is 9.07. The van der Waals surface area contributed by atoms with Gasteiger partial charge in [-0.25, -0.2) is 9.97 Å². The van der Waals surface area contributed by atoms with Crippen LogP contribution in [-0.2, 0) is 19.2 Å². The number of aromatic nitrogens is 2. The van der Waals surface area contributed by atoms with Gasteiger partial charge in [-0.05, 0) is 120 Å². The number of fused-ring (bicyclic) bond motifs is 3. The van der Waals surface area contributed by atoms with E-state index in [4.69, 9.17) is 9.97 Å². The lowest BCUT2D eigenvalue weighted by atomic mass is 9.98. The molecule has 4 aliphatic rings. The van der Waals surface area contributed by atoms with Crippen molar-refractivity contribution < 1.29 is 19.2 Å². The molecule has 4 amide bonds. The molecule has 0 saturated carbocycles. The highest BCUT2D eigenvalue weighted by Gasteiger charge is 2.51. The van der Waals surface area contributed by atoms with Crippen LogP contribution in [0.4, 0.5) is 0 Å². The van der Waals surface area contributed by atoms with E-state index in [1.807, 2.05) is 78.9 Å². The Bertz CT molecular complexity index is 3370. The van der Waals surface area contributed by atoms with E-state index in [2.05, 4.69) is 79.1 Å². The first-order chi connectivity index (χ1) is 41.0. The van der Waals surface area contributed by atoms with Gasteiger partial charge in [0.1, 0.15) is 0 Å². The predicted molar refractivity (Wildman–Crippen MR) is 352 cm³/mol. The molecule has 0 fully saturated rings. The fourth-order valence-electron chi connectivity index (χ4n) is 12.1. The fraction of sp³-hybridized carbons (Fsp3) is 0.471. The summed E-state index contributed by atoms with van der Waals surface area (Å²) in [6.45, 7) is 20.0. The molecule has 0 radical (unpaired) electrons. The maximum Gasteiger partial charge on any atom is 0.261 e. The summed E-state index contributed by atoms with van der Waals surface area (Å²) in [6.07, 6.45) is 16.7. The van der Waals surface area contributed by atoms with E-state index < -0.39 is 0 Å². The summed E-state index contributed by atoms with van der Waals surface area (Å²) < 4.78 is 0. The highest BCUT2D eigenvalue weighted by atomic mass is 32.1. The van der Waals surface area contributed by atoms with Gasteiger partial charge >= 0.3 is 0 Å².